The molecule has 2 aliphatic rings. The molecule has 3 heterocycles. The normalized spacial score (nSPS) is 18.8. The molecule has 1 aromatic heterocycles. The number of oxazole rings is 1. The number of hydrogen-bond acceptors (Lipinski definition) is 9. The lowest BCUT2D eigenvalue weighted by molar-refractivity contribution is -0.156. The molecule has 2 aromatic carbocycles. The van der Waals surface area contributed by atoms with E-state index in [-0.39, 0.29) is 11.8 Å². The van der Waals surface area contributed by atoms with Gasteiger partial charge in [-0.05, 0) is 82.3 Å². The molecule has 2 aliphatic heterocycles. The number of carbonyl (C=O) groups is 2. The van der Waals surface area contributed by atoms with Crippen LogP contribution in [0.3, 0.4) is 0 Å². The Balaban J connectivity index is 1.15. The van der Waals surface area contributed by atoms with Gasteiger partial charge in [0.1, 0.15) is 16.9 Å². The third-order valence-corrected chi connectivity index (χ3v) is 7.05. The molecule has 1 unspecified atom stereocenters. The Kier molecular flexibility index (Phi) is 8.07. The van der Waals surface area contributed by atoms with Gasteiger partial charge < -0.3 is 18.7 Å². The van der Waals surface area contributed by atoms with Gasteiger partial charge >= 0.3 is 6.16 Å². The Morgan fingerprint density at radius 1 is 1.10 bits per heavy atom. The maximum Gasteiger partial charge on any atom is 0.528 e. The fourth-order valence-electron chi connectivity index (χ4n) is 4.87. The van der Waals surface area contributed by atoms with Crippen LogP contribution < -0.4 is 10.2 Å². The molecule has 10 nitrogen and oxygen atoms in total. The van der Waals surface area contributed by atoms with Crippen LogP contribution in [0.2, 0.25) is 0 Å². The van der Waals surface area contributed by atoms with E-state index in [1.54, 1.807) is 5.06 Å². The molecule has 0 aliphatic carbocycles. The Morgan fingerprint density at radius 2 is 1.82 bits per heavy atom. The number of hydrogen-bond donors (Lipinski definition) is 1. The SMILES string of the molecule is CCC1CC(=O)NN=C1c1ccc2nc(-c3ccc(OCC4CCN(OC(=O)OC(C)(C)C)CC4)cc3)oc2c1. The molecule has 1 atom stereocenters. The monoisotopic (exact) mass is 548 g/mol. The Hall–Kier alpha value is -3.92. The largest absolute Gasteiger partial charge is 0.528 e. The van der Waals surface area contributed by atoms with Gasteiger partial charge in [0, 0.05) is 36.6 Å². The highest BCUT2D eigenvalue weighted by molar-refractivity contribution is 6.07. The zero-order chi connectivity index (χ0) is 28.3. The van der Waals surface area contributed by atoms with E-state index in [0.29, 0.717) is 43.5 Å². The first-order valence-corrected chi connectivity index (χ1v) is 13.8. The van der Waals surface area contributed by atoms with Gasteiger partial charge in [-0.25, -0.2) is 15.2 Å². The van der Waals surface area contributed by atoms with Crippen LogP contribution in [0.5, 0.6) is 5.75 Å². The molecule has 212 valence electrons. The predicted octanol–water partition coefficient (Wildman–Crippen LogP) is 5.70. The topological polar surface area (TPSA) is 115 Å². The Bertz CT molecular complexity index is 1380. The number of nitrogens with zero attached hydrogens (tertiary/aromatic N) is 3. The van der Waals surface area contributed by atoms with Gasteiger partial charge in [0.2, 0.25) is 11.8 Å². The average molecular weight is 549 g/mol. The molecular weight excluding hydrogens is 512 g/mol. The highest BCUT2D eigenvalue weighted by Gasteiger charge is 2.26. The Morgan fingerprint density at radius 3 is 2.52 bits per heavy atom. The van der Waals surface area contributed by atoms with Gasteiger partial charge in [-0.15, -0.1) is 5.06 Å². The van der Waals surface area contributed by atoms with Crippen LogP contribution in [0.4, 0.5) is 4.79 Å². The van der Waals surface area contributed by atoms with E-state index >= 15 is 0 Å². The van der Waals surface area contributed by atoms with Gasteiger partial charge in [0.25, 0.3) is 0 Å². The quantitative estimate of drug-likeness (QED) is 0.374. The molecule has 0 radical (unpaired) electrons. The minimum Gasteiger partial charge on any atom is -0.493 e. The number of carbonyl (C=O) groups excluding carboxylic acids is 2. The summed E-state index contributed by atoms with van der Waals surface area (Å²) in [6, 6.07) is 13.5. The number of benzene rings is 2. The minimum atomic E-state index is -0.666. The highest BCUT2D eigenvalue weighted by Crippen LogP contribution is 2.29. The van der Waals surface area contributed by atoms with Crippen LogP contribution in [0, 0.1) is 11.8 Å². The maximum atomic E-state index is 11.9. The number of piperidine rings is 1. The summed E-state index contributed by atoms with van der Waals surface area (Å²) in [6.45, 7) is 9.38. The highest BCUT2D eigenvalue weighted by atomic mass is 16.8. The molecule has 0 spiro atoms. The molecule has 5 rings (SSSR count). The number of hydrazone groups is 1. The summed E-state index contributed by atoms with van der Waals surface area (Å²) < 4.78 is 17.4. The van der Waals surface area contributed by atoms with Gasteiger partial charge in [0.05, 0.1) is 12.3 Å². The second-order valence-electron chi connectivity index (χ2n) is 11.3. The average Bonchev–Trinajstić information content (AvgIpc) is 3.35. The number of amides is 1. The van der Waals surface area contributed by atoms with Crippen molar-refractivity contribution < 1.29 is 28.3 Å². The third-order valence-electron chi connectivity index (χ3n) is 7.05. The van der Waals surface area contributed by atoms with Crippen molar-refractivity contribution in [3.8, 4) is 17.2 Å². The van der Waals surface area contributed by atoms with Crippen LogP contribution >= 0.6 is 0 Å². The number of hydroxylamine groups is 2. The van der Waals surface area contributed by atoms with Crippen molar-refractivity contribution in [3.63, 3.8) is 0 Å². The van der Waals surface area contributed by atoms with Crippen molar-refractivity contribution in [1.29, 1.82) is 0 Å². The van der Waals surface area contributed by atoms with E-state index in [1.165, 1.54) is 0 Å². The first-order valence-electron chi connectivity index (χ1n) is 13.8. The fourth-order valence-corrected chi connectivity index (χ4v) is 4.87. The van der Waals surface area contributed by atoms with Crippen molar-refractivity contribution in [1.82, 2.24) is 15.5 Å². The summed E-state index contributed by atoms with van der Waals surface area (Å²) in [5, 5.41) is 5.96. The molecule has 10 heteroatoms. The number of aromatic nitrogens is 1. The Labute approximate surface area is 233 Å². The van der Waals surface area contributed by atoms with E-state index in [4.69, 9.17) is 18.7 Å². The molecule has 40 heavy (non-hydrogen) atoms. The summed E-state index contributed by atoms with van der Waals surface area (Å²) in [4.78, 5) is 33.6. The van der Waals surface area contributed by atoms with Crippen LogP contribution in [-0.4, -0.2) is 53.1 Å². The van der Waals surface area contributed by atoms with E-state index in [0.717, 1.165) is 47.4 Å². The van der Waals surface area contributed by atoms with Gasteiger partial charge in [0.15, 0.2) is 5.58 Å². The van der Waals surface area contributed by atoms with Crippen molar-refractivity contribution in [2.24, 2.45) is 16.9 Å². The van der Waals surface area contributed by atoms with E-state index in [9.17, 15) is 9.59 Å². The van der Waals surface area contributed by atoms with E-state index < -0.39 is 11.8 Å². The van der Waals surface area contributed by atoms with E-state index in [1.807, 2.05) is 63.2 Å². The molecular formula is C30H36N4O6. The minimum absolute atomic E-state index is 0.0543. The summed E-state index contributed by atoms with van der Waals surface area (Å²) in [5.41, 5.74) is 6.09. The fraction of sp³-hybridized carbons (Fsp3) is 0.467. The number of ether oxygens (including phenoxy) is 2. The van der Waals surface area contributed by atoms with Crippen LogP contribution in [-0.2, 0) is 14.4 Å². The summed E-state index contributed by atoms with van der Waals surface area (Å²) >= 11 is 0. The molecule has 0 saturated carbocycles. The van der Waals surface area contributed by atoms with Gasteiger partial charge in [-0.3, -0.25) is 4.79 Å². The first kappa shape index (κ1) is 27.6. The zero-order valence-corrected chi connectivity index (χ0v) is 23.4. The lowest BCUT2D eigenvalue weighted by Crippen LogP contribution is -2.38. The van der Waals surface area contributed by atoms with Crippen LogP contribution in [0.1, 0.15) is 58.9 Å². The second kappa shape index (κ2) is 11.7. The predicted molar refractivity (Wildman–Crippen MR) is 150 cm³/mol. The first-order chi connectivity index (χ1) is 19.2. The lowest BCUT2D eigenvalue weighted by Gasteiger charge is -2.30. The molecule has 3 aromatic rings. The van der Waals surface area contributed by atoms with Crippen LogP contribution in [0.25, 0.3) is 22.6 Å². The molecule has 1 amide bonds. The molecule has 1 fully saturated rings. The van der Waals surface area contributed by atoms with Crippen molar-refractivity contribution in [2.75, 3.05) is 19.7 Å². The van der Waals surface area contributed by atoms with Gasteiger partial charge in [-0.2, -0.15) is 5.10 Å². The zero-order valence-electron chi connectivity index (χ0n) is 23.4. The van der Waals surface area contributed by atoms with Crippen molar-refractivity contribution in [2.45, 2.75) is 59.0 Å². The summed E-state index contributed by atoms with van der Waals surface area (Å²) in [7, 11) is 0. The smallest absolute Gasteiger partial charge is 0.493 e. The molecule has 1 N–H and O–H groups in total. The number of rotatable bonds is 7. The maximum absolute atomic E-state index is 11.9. The van der Waals surface area contributed by atoms with Crippen LogP contribution in [0.15, 0.2) is 52.0 Å². The number of fused-ring (bicyclic) bond motifs is 1. The standard InChI is InChI=1S/C30H36N4O6/c1-5-20-17-26(35)32-33-27(20)22-8-11-24-25(16-22)38-28(31-24)21-6-9-23(10-7-21)37-18-19-12-14-34(15-13-19)40-29(36)39-30(2,3)4/h6-11,16,19-20H,5,12-15,17-18H2,1-4H3,(H,32,35). The lowest BCUT2D eigenvalue weighted by atomic mass is 9.90. The van der Waals surface area contributed by atoms with Crippen molar-refractivity contribution >= 4 is 28.9 Å². The third kappa shape index (κ3) is 6.80. The van der Waals surface area contributed by atoms with Crippen molar-refractivity contribution in [3.05, 3.63) is 48.0 Å². The number of nitrogens with one attached hydrogen (secondary N) is 1. The summed E-state index contributed by atoms with van der Waals surface area (Å²) in [6.07, 6.45) is 2.33. The second-order valence-corrected chi connectivity index (χ2v) is 11.3. The summed E-state index contributed by atoms with van der Waals surface area (Å²) in [5.74, 6) is 1.71. The molecule has 1 saturated heterocycles. The molecule has 0 bridgehead atoms. The van der Waals surface area contributed by atoms with E-state index in [2.05, 4.69) is 22.4 Å². The van der Waals surface area contributed by atoms with Gasteiger partial charge in [-0.1, -0.05) is 13.0 Å².